The first-order chi connectivity index (χ1) is 14.4. The average Bonchev–Trinajstić information content (AvgIpc) is 3.58. The predicted molar refractivity (Wildman–Crippen MR) is 123 cm³/mol. The molecule has 30 heavy (non-hydrogen) atoms. The Balaban J connectivity index is 1.94. The smallest absolute Gasteiger partial charge is 0.258 e. The number of benzene rings is 2. The van der Waals surface area contributed by atoms with Gasteiger partial charge in [0.25, 0.3) is 5.56 Å². The summed E-state index contributed by atoms with van der Waals surface area (Å²) in [6, 6.07) is 11.5. The molecule has 0 aliphatic heterocycles. The largest absolute Gasteiger partial charge is 0.497 e. The number of fused-ring (bicyclic) bond motifs is 1. The number of pyridine rings is 1. The van der Waals surface area contributed by atoms with Crippen molar-refractivity contribution in [2.45, 2.75) is 32.2 Å². The number of hydrogen-bond donors (Lipinski definition) is 1. The van der Waals surface area contributed by atoms with Crippen molar-refractivity contribution in [2.24, 2.45) is 13.0 Å². The van der Waals surface area contributed by atoms with Crippen LogP contribution in [-0.4, -0.2) is 32.1 Å². The van der Waals surface area contributed by atoms with Crippen LogP contribution in [0.1, 0.15) is 26.7 Å². The Morgan fingerprint density at radius 1 is 1.13 bits per heavy atom. The van der Waals surface area contributed by atoms with Crippen LogP contribution < -0.4 is 20.2 Å². The van der Waals surface area contributed by atoms with Crippen LogP contribution >= 0.6 is 0 Å². The molecule has 3 aromatic rings. The molecule has 1 aliphatic rings. The van der Waals surface area contributed by atoms with Crippen molar-refractivity contribution in [3.63, 3.8) is 0 Å². The van der Waals surface area contributed by atoms with E-state index in [0.717, 1.165) is 27.4 Å². The molecule has 0 radical (unpaired) electrons. The van der Waals surface area contributed by atoms with Crippen LogP contribution in [0, 0.1) is 5.92 Å². The van der Waals surface area contributed by atoms with E-state index in [2.05, 4.69) is 19.9 Å². The Kier molecular flexibility index (Phi) is 5.71. The van der Waals surface area contributed by atoms with E-state index in [1.807, 2.05) is 36.5 Å². The first-order valence-corrected chi connectivity index (χ1v) is 12.3. The lowest BCUT2D eigenvalue weighted by molar-refractivity contribution is 0.301. The second-order valence-corrected chi connectivity index (χ2v) is 11.5. The highest BCUT2D eigenvalue weighted by molar-refractivity contribution is 6.67. The Labute approximate surface area is 178 Å². The van der Waals surface area contributed by atoms with Gasteiger partial charge in [0.05, 0.1) is 13.7 Å². The minimum Gasteiger partial charge on any atom is -0.497 e. The Morgan fingerprint density at radius 3 is 2.57 bits per heavy atom. The van der Waals surface area contributed by atoms with E-state index in [-0.39, 0.29) is 11.1 Å². The third-order valence-electron chi connectivity index (χ3n) is 5.83. The molecule has 0 saturated heterocycles. The summed E-state index contributed by atoms with van der Waals surface area (Å²) >= 11 is 0. The summed E-state index contributed by atoms with van der Waals surface area (Å²) < 4.78 is 13.2. The van der Waals surface area contributed by atoms with E-state index < -0.39 is 9.04 Å². The van der Waals surface area contributed by atoms with Crippen LogP contribution in [0.3, 0.4) is 0 Å². The topological polar surface area (TPSA) is 60.7 Å². The molecule has 0 bridgehead atoms. The SMILES string of the molecule is COc1ccc2c(=O)n(C)cc(-c3cc([SiH](O)C(C)C)ccc3OCC3CC3)c2c1. The van der Waals surface area contributed by atoms with Crippen LogP contribution in [0.2, 0.25) is 5.54 Å². The molecule has 1 N–H and O–H groups in total. The van der Waals surface area contributed by atoms with E-state index in [1.54, 1.807) is 18.7 Å². The Hall–Kier alpha value is -2.57. The summed E-state index contributed by atoms with van der Waals surface area (Å²) in [5.41, 5.74) is 2.00. The van der Waals surface area contributed by atoms with Gasteiger partial charge >= 0.3 is 0 Å². The van der Waals surface area contributed by atoms with E-state index in [9.17, 15) is 9.59 Å². The van der Waals surface area contributed by atoms with Crippen molar-refractivity contribution >= 4 is 25.0 Å². The monoisotopic (exact) mass is 423 g/mol. The van der Waals surface area contributed by atoms with Gasteiger partial charge in [-0.05, 0) is 59.8 Å². The first kappa shape index (κ1) is 20.7. The molecule has 1 unspecified atom stereocenters. The van der Waals surface area contributed by atoms with Gasteiger partial charge in [-0.2, -0.15) is 0 Å². The van der Waals surface area contributed by atoms with E-state index in [4.69, 9.17) is 9.47 Å². The number of rotatable bonds is 7. The maximum atomic E-state index is 12.7. The quantitative estimate of drug-likeness (QED) is 0.592. The van der Waals surface area contributed by atoms with E-state index in [1.165, 1.54) is 12.8 Å². The fourth-order valence-electron chi connectivity index (χ4n) is 3.73. The second kappa shape index (κ2) is 8.28. The average molecular weight is 424 g/mol. The highest BCUT2D eigenvalue weighted by atomic mass is 28.3. The van der Waals surface area contributed by atoms with E-state index >= 15 is 0 Å². The number of hydrogen-bond acceptors (Lipinski definition) is 4. The van der Waals surface area contributed by atoms with Gasteiger partial charge in [-0.25, -0.2) is 0 Å². The summed E-state index contributed by atoms with van der Waals surface area (Å²) in [6.45, 7) is 4.81. The number of methoxy groups -OCH3 is 1. The van der Waals surface area contributed by atoms with Gasteiger partial charge < -0.3 is 18.8 Å². The van der Waals surface area contributed by atoms with Crippen molar-refractivity contribution in [1.82, 2.24) is 4.57 Å². The third kappa shape index (κ3) is 4.02. The van der Waals surface area contributed by atoms with Crippen molar-refractivity contribution in [2.75, 3.05) is 13.7 Å². The molecule has 2 aromatic carbocycles. The van der Waals surface area contributed by atoms with E-state index in [0.29, 0.717) is 23.7 Å². The lowest BCUT2D eigenvalue weighted by Crippen LogP contribution is -2.33. The second-order valence-electron chi connectivity index (χ2n) is 8.57. The van der Waals surface area contributed by atoms with Gasteiger partial charge in [0.1, 0.15) is 11.5 Å². The first-order valence-electron chi connectivity index (χ1n) is 10.5. The molecular formula is C24H29NO4Si. The molecule has 1 atom stereocenters. The normalized spacial score (nSPS) is 14.9. The molecule has 1 aromatic heterocycles. The van der Waals surface area contributed by atoms with Crippen LogP contribution in [0.4, 0.5) is 0 Å². The molecule has 158 valence electrons. The number of nitrogens with zero attached hydrogens (tertiary/aromatic N) is 1. The van der Waals surface area contributed by atoms with Gasteiger partial charge in [0, 0.05) is 35.1 Å². The zero-order chi connectivity index (χ0) is 21.4. The summed E-state index contributed by atoms with van der Waals surface area (Å²) in [4.78, 5) is 23.5. The molecule has 1 saturated carbocycles. The molecule has 1 fully saturated rings. The van der Waals surface area contributed by atoms with Crippen molar-refractivity contribution in [3.8, 4) is 22.6 Å². The summed E-state index contributed by atoms with van der Waals surface area (Å²) in [7, 11) is 1.31. The van der Waals surface area contributed by atoms with Gasteiger partial charge in [0.15, 0.2) is 0 Å². The van der Waals surface area contributed by atoms with Crippen molar-refractivity contribution < 1.29 is 14.3 Å². The fourth-order valence-corrected chi connectivity index (χ4v) is 5.13. The lowest BCUT2D eigenvalue weighted by atomic mass is 9.99. The zero-order valence-electron chi connectivity index (χ0n) is 18.0. The van der Waals surface area contributed by atoms with Crippen molar-refractivity contribution in [3.05, 3.63) is 52.9 Å². The number of aryl methyl sites for hydroxylation is 1. The lowest BCUT2D eigenvalue weighted by Gasteiger charge is -2.19. The highest BCUT2D eigenvalue weighted by Gasteiger charge is 2.24. The molecule has 5 nitrogen and oxygen atoms in total. The summed E-state index contributed by atoms with van der Waals surface area (Å²) in [5, 5.41) is 2.44. The molecular weight excluding hydrogens is 394 g/mol. The number of aromatic nitrogens is 1. The standard InChI is InChI=1S/C24H29NO4Si/c1-15(2)30(27)18-8-10-23(29-14-16-5-6-16)21(12-18)22-13-25(3)24(26)19-9-7-17(28-4)11-20(19)22/h7-13,15-16,27,30H,5-6,14H2,1-4H3. The number of ether oxygens (including phenoxy) is 2. The van der Waals surface area contributed by atoms with Crippen LogP contribution in [0.25, 0.3) is 21.9 Å². The van der Waals surface area contributed by atoms with Crippen LogP contribution in [0.15, 0.2) is 47.4 Å². The van der Waals surface area contributed by atoms with Gasteiger partial charge in [-0.15, -0.1) is 0 Å². The molecule has 0 amide bonds. The van der Waals surface area contributed by atoms with Crippen molar-refractivity contribution in [1.29, 1.82) is 0 Å². The Morgan fingerprint density at radius 2 is 1.90 bits per heavy atom. The summed E-state index contributed by atoms with van der Waals surface area (Å²) in [6.07, 6.45) is 4.29. The fraction of sp³-hybridized carbons (Fsp3) is 0.375. The van der Waals surface area contributed by atoms with Crippen LogP contribution in [0.5, 0.6) is 11.5 Å². The maximum absolute atomic E-state index is 12.7. The van der Waals surface area contributed by atoms with Gasteiger partial charge in [-0.3, -0.25) is 4.79 Å². The third-order valence-corrected chi connectivity index (χ3v) is 8.13. The van der Waals surface area contributed by atoms with Gasteiger partial charge in [0.2, 0.25) is 9.04 Å². The summed E-state index contributed by atoms with van der Waals surface area (Å²) in [5.74, 6) is 2.12. The minimum absolute atomic E-state index is 0.0513. The Bertz CT molecular complexity index is 1130. The molecule has 0 spiro atoms. The minimum atomic E-state index is -2.08. The predicted octanol–water partition coefficient (Wildman–Crippen LogP) is 3.34. The highest BCUT2D eigenvalue weighted by Crippen LogP contribution is 2.37. The molecule has 1 aliphatic carbocycles. The maximum Gasteiger partial charge on any atom is 0.258 e. The zero-order valence-corrected chi connectivity index (χ0v) is 19.2. The molecule has 4 rings (SSSR count). The molecule has 1 heterocycles. The van der Waals surface area contributed by atoms with Crippen LogP contribution in [-0.2, 0) is 7.05 Å². The molecule has 6 heteroatoms. The van der Waals surface area contributed by atoms with Gasteiger partial charge in [-0.1, -0.05) is 19.9 Å².